The van der Waals surface area contributed by atoms with Crippen LogP contribution in [0.15, 0.2) is 24.3 Å². The normalized spacial score (nSPS) is 15.8. The smallest absolute Gasteiger partial charge is 0.254 e. The first-order chi connectivity index (χ1) is 10.4. The van der Waals surface area contributed by atoms with E-state index in [1.54, 1.807) is 11.9 Å². The predicted molar refractivity (Wildman–Crippen MR) is 88.9 cm³/mol. The molecule has 1 aromatic rings. The molecule has 1 aromatic carbocycles. The summed E-state index contributed by atoms with van der Waals surface area (Å²) in [5, 5.41) is 9.36. The Balaban J connectivity index is 2.17. The molecule has 0 heterocycles. The quantitative estimate of drug-likeness (QED) is 0.836. The maximum atomic E-state index is 12.6. The van der Waals surface area contributed by atoms with E-state index in [2.05, 4.69) is 31.7 Å². The molecule has 0 aromatic heterocycles. The molecule has 0 atom stereocenters. The molecule has 0 saturated heterocycles. The largest absolute Gasteiger partial charge is 0.369 e. The fourth-order valence-electron chi connectivity index (χ4n) is 3.06. The van der Waals surface area contributed by atoms with Crippen LogP contribution < -0.4 is 4.90 Å². The maximum Gasteiger partial charge on any atom is 0.254 e. The molecule has 0 unspecified atom stereocenters. The Kier molecular flexibility index (Phi) is 4.75. The van der Waals surface area contributed by atoms with Crippen LogP contribution >= 0.6 is 0 Å². The molecule has 0 radical (unpaired) electrons. The summed E-state index contributed by atoms with van der Waals surface area (Å²) in [5.41, 5.74) is 1.17. The first-order valence-corrected chi connectivity index (χ1v) is 8.01. The zero-order chi connectivity index (χ0) is 16.3. The first kappa shape index (κ1) is 16.4. The van der Waals surface area contributed by atoms with Crippen LogP contribution in [0, 0.1) is 11.3 Å². The molecule has 0 aliphatic heterocycles. The monoisotopic (exact) mass is 299 g/mol. The molecule has 1 aliphatic rings. The van der Waals surface area contributed by atoms with Crippen molar-refractivity contribution in [2.24, 2.45) is 0 Å². The predicted octanol–water partition coefficient (Wildman–Crippen LogP) is 3.44. The SMILES string of the molecule is CCN(c1ccc(C(=O)N(C)C2(C#N)CCC2)cc1)C(C)C. The lowest BCUT2D eigenvalue weighted by atomic mass is 9.76. The van der Waals surface area contributed by atoms with Crippen LogP contribution in [0.1, 0.15) is 50.4 Å². The van der Waals surface area contributed by atoms with E-state index in [-0.39, 0.29) is 5.91 Å². The third-order valence-electron chi connectivity index (χ3n) is 4.75. The van der Waals surface area contributed by atoms with Gasteiger partial charge in [0.05, 0.1) is 6.07 Å². The van der Waals surface area contributed by atoms with Crippen molar-refractivity contribution in [3.8, 4) is 6.07 Å². The molecule has 1 saturated carbocycles. The van der Waals surface area contributed by atoms with Crippen molar-refractivity contribution in [3.63, 3.8) is 0 Å². The van der Waals surface area contributed by atoms with E-state index in [4.69, 9.17) is 0 Å². The average Bonchev–Trinajstić information content (AvgIpc) is 2.47. The van der Waals surface area contributed by atoms with Gasteiger partial charge in [-0.3, -0.25) is 4.79 Å². The number of carbonyl (C=O) groups is 1. The van der Waals surface area contributed by atoms with E-state index in [1.165, 1.54) is 0 Å². The second-order valence-corrected chi connectivity index (χ2v) is 6.29. The zero-order valence-corrected chi connectivity index (χ0v) is 14.0. The molecule has 4 heteroatoms. The lowest BCUT2D eigenvalue weighted by Crippen LogP contribution is -2.53. The minimum absolute atomic E-state index is 0.0691. The summed E-state index contributed by atoms with van der Waals surface area (Å²) in [6.45, 7) is 7.37. The van der Waals surface area contributed by atoms with Gasteiger partial charge in [0.1, 0.15) is 5.54 Å². The Labute approximate surface area is 133 Å². The van der Waals surface area contributed by atoms with Crippen molar-refractivity contribution in [1.82, 2.24) is 4.90 Å². The molecule has 1 aliphatic carbocycles. The van der Waals surface area contributed by atoms with Gasteiger partial charge in [-0.15, -0.1) is 0 Å². The number of nitriles is 1. The van der Waals surface area contributed by atoms with Gasteiger partial charge in [0.15, 0.2) is 0 Å². The van der Waals surface area contributed by atoms with Crippen molar-refractivity contribution in [2.75, 3.05) is 18.5 Å². The Hall–Kier alpha value is -2.02. The molecular weight excluding hydrogens is 274 g/mol. The van der Waals surface area contributed by atoms with Crippen LogP contribution in [-0.2, 0) is 0 Å². The van der Waals surface area contributed by atoms with Crippen molar-refractivity contribution in [2.45, 2.75) is 51.6 Å². The average molecular weight is 299 g/mol. The molecular formula is C18H25N3O. The van der Waals surface area contributed by atoms with Crippen molar-refractivity contribution >= 4 is 11.6 Å². The first-order valence-electron chi connectivity index (χ1n) is 8.01. The van der Waals surface area contributed by atoms with Crippen LogP contribution in [0.2, 0.25) is 0 Å². The van der Waals surface area contributed by atoms with E-state index in [1.807, 2.05) is 24.3 Å². The van der Waals surface area contributed by atoms with Gasteiger partial charge < -0.3 is 9.80 Å². The molecule has 0 spiro atoms. The Morgan fingerprint density at radius 1 is 1.32 bits per heavy atom. The van der Waals surface area contributed by atoms with E-state index >= 15 is 0 Å². The van der Waals surface area contributed by atoms with E-state index in [0.29, 0.717) is 11.6 Å². The number of hydrogen-bond donors (Lipinski definition) is 0. The van der Waals surface area contributed by atoms with Gasteiger partial charge in [0.25, 0.3) is 5.91 Å². The summed E-state index contributed by atoms with van der Waals surface area (Å²) in [7, 11) is 1.74. The fraction of sp³-hybridized carbons (Fsp3) is 0.556. The summed E-state index contributed by atoms with van der Waals surface area (Å²) in [6.07, 6.45) is 2.57. The van der Waals surface area contributed by atoms with Gasteiger partial charge >= 0.3 is 0 Å². The van der Waals surface area contributed by atoms with E-state index in [0.717, 1.165) is 31.5 Å². The highest BCUT2D eigenvalue weighted by molar-refractivity contribution is 5.95. The van der Waals surface area contributed by atoms with Gasteiger partial charge in [-0.25, -0.2) is 0 Å². The summed E-state index contributed by atoms with van der Waals surface area (Å²) >= 11 is 0. The molecule has 22 heavy (non-hydrogen) atoms. The minimum Gasteiger partial charge on any atom is -0.369 e. The number of carbonyl (C=O) groups excluding carboxylic acids is 1. The molecule has 0 N–H and O–H groups in total. The fourth-order valence-corrected chi connectivity index (χ4v) is 3.06. The van der Waals surface area contributed by atoms with Gasteiger partial charge in [-0.2, -0.15) is 5.26 Å². The standard InChI is InChI=1S/C18H25N3O/c1-5-21(14(2)3)16-9-7-15(8-10-16)17(22)20(4)18(13-19)11-6-12-18/h7-10,14H,5-6,11-12H2,1-4H3. The number of rotatable bonds is 5. The summed E-state index contributed by atoms with van der Waals surface area (Å²) in [4.78, 5) is 16.5. The molecule has 4 nitrogen and oxygen atoms in total. The third-order valence-corrected chi connectivity index (χ3v) is 4.75. The number of anilines is 1. The van der Waals surface area contributed by atoms with Crippen molar-refractivity contribution < 1.29 is 4.79 Å². The number of amides is 1. The van der Waals surface area contributed by atoms with Gasteiger partial charge in [-0.1, -0.05) is 0 Å². The summed E-state index contributed by atoms with van der Waals surface area (Å²) in [5.74, 6) is -0.0691. The molecule has 2 rings (SSSR count). The zero-order valence-electron chi connectivity index (χ0n) is 14.0. The highest BCUT2D eigenvalue weighted by atomic mass is 16.2. The van der Waals surface area contributed by atoms with Crippen LogP contribution in [0.25, 0.3) is 0 Å². The highest BCUT2D eigenvalue weighted by Crippen LogP contribution is 2.37. The van der Waals surface area contributed by atoms with Crippen LogP contribution in [-0.4, -0.2) is 36.0 Å². The minimum atomic E-state index is -0.594. The highest BCUT2D eigenvalue weighted by Gasteiger charge is 2.43. The number of nitrogens with zero attached hydrogens (tertiary/aromatic N) is 3. The van der Waals surface area contributed by atoms with Crippen molar-refractivity contribution in [1.29, 1.82) is 5.26 Å². The topological polar surface area (TPSA) is 47.3 Å². The number of hydrogen-bond acceptors (Lipinski definition) is 3. The maximum absolute atomic E-state index is 12.6. The number of benzene rings is 1. The Morgan fingerprint density at radius 2 is 1.91 bits per heavy atom. The van der Waals surface area contributed by atoms with Crippen LogP contribution in [0.3, 0.4) is 0 Å². The van der Waals surface area contributed by atoms with E-state index in [9.17, 15) is 10.1 Å². The Morgan fingerprint density at radius 3 is 2.27 bits per heavy atom. The summed E-state index contributed by atoms with van der Waals surface area (Å²) < 4.78 is 0. The molecule has 1 fully saturated rings. The van der Waals surface area contributed by atoms with Gasteiger partial charge in [-0.05, 0) is 64.3 Å². The molecule has 1 amide bonds. The van der Waals surface area contributed by atoms with Gasteiger partial charge in [0, 0.05) is 30.9 Å². The van der Waals surface area contributed by atoms with Crippen LogP contribution in [0.4, 0.5) is 5.69 Å². The third kappa shape index (κ3) is 2.81. The molecule has 0 bridgehead atoms. The lowest BCUT2D eigenvalue weighted by molar-refractivity contribution is 0.0497. The molecule has 118 valence electrons. The van der Waals surface area contributed by atoms with E-state index < -0.39 is 5.54 Å². The van der Waals surface area contributed by atoms with Crippen molar-refractivity contribution in [3.05, 3.63) is 29.8 Å². The van der Waals surface area contributed by atoms with Crippen LogP contribution in [0.5, 0.6) is 0 Å². The lowest BCUT2D eigenvalue weighted by Gasteiger charge is -2.43. The second-order valence-electron chi connectivity index (χ2n) is 6.29. The second kappa shape index (κ2) is 6.39. The summed E-state index contributed by atoms with van der Waals surface area (Å²) in [6, 6.07) is 10.4. The van der Waals surface area contributed by atoms with Gasteiger partial charge in [0.2, 0.25) is 0 Å². The Bertz CT molecular complexity index is 567.